The molecule has 0 N–H and O–H groups in total. The standard InChI is InChI=1S/C52H30N4/c53-31-33-18-22-35(23-19-33)49-43-15-5-4-12-39(43)40-27-26-38(30-46(40)50(49)36-24-20-34(32-54)21-25-36)56-48-17-9-7-14-42(48)45-29-28-44-41-13-6-8-16-47(41)55(51(44)52(45)56)37-10-2-1-3-11-37/h1-30H. The zero-order chi connectivity index (χ0) is 37.3. The van der Waals surface area contributed by atoms with Gasteiger partial charge >= 0.3 is 0 Å². The van der Waals surface area contributed by atoms with Gasteiger partial charge in [0.1, 0.15) is 0 Å². The van der Waals surface area contributed by atoms with E-state index in [1.54, 1.807) is 0 Å². The molecule has 258 valence electrons. The van der Waals surface area contributed by atoms with Crippen molar-refractivity contribution in [2.24, 2.45) is 0 Å². The fraction of sp³-hybridized carbons (Fsp3) is 0. The summed E-state index contributed by atoms with van der Waals surface area (Å²) < 4.78 is 4.87. The van der Waals surface area contributed by atoms with E-state index < -0.39 is 0 Å². The monoisotopic (exact) mass is 710 g/mol. The first kappa shape index (κ1) is 31.6. The summed E-state index contributed by atoms with van der Waals surface area (Å²) in [5, 5.41) is 28.7. The molecule has 56 heavy (non-hydrogen) atoms. The highest BCUT2D eigenvalue weighted by molar-refractivity contribution is 6.25. The van der Waals surface area contributed by atoms with Crippen molar-refractivity contribution in [2.45, 2.75) is 0 Å². The first-order valence-corrected chi connectivity index (χ1v) is 18.7. The third kappa shape index (κ3) is 4.57. The Morgan fingerprint density at radius 2 is 0.750 bits per heavy atom. The molecule has 0 saturated carbocycles. The van der Waals surface area contributed by atoms with Gasteiger partial charge in [-0.3, -0.25) is 0 Å². The summed E-state index contributed by atoms with van der Waals surface area (Å²) in [6.45, 7) is 0. The Morgan fingerprint density at radius 3 is 1.30 bits per heavy atom. The quantitative estimate of drug-likeness (QED) is 0.171. The molecule has 4 nitrogen and oxygen atoms in total. The zero-order valence-corrected chi connectivity index (χ0v) is 30.1. The molecular formula is C52H30N4. The van der Waals surface area contributed by atoms with E-state index in [-0.39, 0.29) is 0 Å². The number of hydrogen-bond donors (Lipinski definition) is 0. The van der Waals surface area contributed by atoms with Crippen LogP contribution in [-0.2, 0) is 0 Å². The summed E-state index contributed by atoms with van der Waals surface area (Å²) in [5.74, 6) is 0. The molecular weight excluding hydrogens is 681 g/mol. The van der Waals surface area contributed by atoms with Crippen LogP contribution in [0.5, 0.6) is 0 Å². The Kier molecular flexibility index (Phi) is 6.95. The van der Waals surface area contributed by atoms with E-state index in [1.165, 1.54) is 21.5 Å². The Morgan fingerprint density at radius 1 is 0.321 bits per heavy atom. The molecule has 0 radical (unpaired) electrons. The number of benzene rings is 9. The molecule has 4 heteroatoms. The Labute approximate surface area is 322 Å². The molecule has 2 aromatic heterocycles. The van der Waals surface area contributed by atoms with Crippen LogP contribution >= 0.6 is 0 Å². The molecule has 9 aromatic carbocycles. The first-order chi connectivity index (χ1) is 27.7. The van der Waals surface area contributed by atoms with E-state index in [0.717, 1.165) is 77.2 Å². The number of fused-ring (bicyclic) bond motifs is 10. The van der Waals surface area contributed by atoms with Gasteiger partial charge in [-0.05, 0) is 104 Å². The van der Waals surface area contributed by atoms with Gasteiger partial charge in [0.05, 0.1) is 45.3 Å². The average molecular weight is 711 g/mol. The fourth-order valence-corrected chi connectivity index (χ4v) is 8.96. The molecule has 11 rings (SSSR count). The van der Waals surface area contributed by atoms with Crippen LogP contribution in [0.1, 0.15) is 11.1 Å². The predicted molar refractivity (Wildman–Crippen MR) is 230 cm³/mol. The smallest absolute Gasteiger partial charge is 0.0991 e. The van der Waals surface area contributed by atoms with E-state index in [9.17, 15) is 10.5 Å². The Hall–Kier alpha value is -7.92. The van der Waals surface area contributed by atoms with Crippen LogP contribution in [0.2, 0.25) is 0 Å². The van der Waals surface area contributed by atoms with Crippen molar-refractivity contribution in [2.75, 3.05) is 0 Å². The highest BCUT2D eigenvalue weighted by Crippen LogP contribution is 2.47. The minimum absolute atomic E-state index is 0.613. The van der Waals surface area contributed by atoms with Gasteiger partial charge in [-0.2, -0.15) is 10.5 Å². The van der Waals surface area contributed by atoms with Gasteiger partial charge in [-0.15, -0.1) is 0 Å². The molecule has 0 aliphatic rings. The third-order valence-corrected chi connectivity index (χ3v) is 11.4. The summed E-state index contributed by atoms with van der Waals surface area (Å²) in [7, 11) is 0. The van der Waals surface area contributed by atoms with Crippen molar-refractivity contribution in [1.82, 2.24) is 9.13 Å². The van der Waals surface area contributed by atoms with E-state index in [2.05, 4.69) is 179 Å². The van der Waals surface area contributed by atoms with Crippen molar-refractivity contribution in [3.8, 4) is 45.8 Å². The van der Waals surface area contributed by atoms with Crippen molar-refractivity contribution >= 4 is 65.2 Å². The van der Waals surface area contributed by atoms with Gasteiger partial charge in [-0.1, -0.05) is 121 Å². The van der Waals surface area contributed by atoms with Gasteiger partial charge in [0.25, 0.3) is 0 Å². The van der Waals surface area contributed by atoms with Crippen molar-refractivity contribution in [3.63, 3.8) is 0 Å². The van der Waals surface area contributed by atoms with Crippen LogP contribution < -0.4 is 0 Å². The Bertz CT molecular complexity index is 3460. The SMILES string of the molecule is N#Cc1ccc(-c2c(-c3ccc(C#N)cc3)c3cc(-n4c5ccccc5c5ccc6c7ccccc7n(-c7ccccc7)c6c54)ccc3c3ccccc23)cc1. The molecule has 0 bridgehead atoms. The second-order valence-electron chi connectivity index (χ2n) is 14.3. The number of rotatable bonds is 4. The molecule has 0 spiro atoms. The minimum atomic E-state index is 0.613. The molecule has 0 saturated heterocycles. The number of hydrogen-bond acceptors (Lipinski definition) is 2. The molecule has 0 aliphatic heterocycles. The van der Waals surface area contributed by atoms with Crippen LogP contribution in [0.3, 0.4) is 0 Å². The number of para-hydroxylation sites is 3. The van der Waals surface area contributed by atoms with Gasteiger partial charge < -0.3 is 9.13 Å². The summed E-state index contributed by atoms with van der Waals surface area (Å²) in [5.41, 5.74) is 12.2. The van der Waals surface area contributed by atoms with Crippen LogP contribution in [0, 0.1) is 22.7 Å². The fourth-order valence-electron chi connectivity index (χ4n) is 8.96. The molecule has 0 atom stereocenters. The van der Waals surface area contributed by atoms with Crippen LogP contribution in [0.4, 0.5) is 0 Å². The molecule has 0 amide bonds. The number of aromatic nitrogens is 2. The largest absolute Gasteiger partial charge is 0.307 e. The average Bonchev–Trinajstić information content (AvgIpc) is 3.79. The summed E-state index contributed by atoms with van der Waals surface area (Å²) >= 11 is 0. The summed E-state index contributed by atoms with van der Waals surface area (Å²) in [4.78, 5) is 0. The second kappa shape index (κ2) is 12.3. The second-order valence-corrected chi connectivity index (χ2v) is 14.3. The lowest BCUT2D eigenvalue weighted by molar-refractivity contribution is 1.15. The van der Waals surface area contributed by atoms with Crippen molar-refractivity contribution in [3.05, 3.63) is 193 Å². The van der Waals surface area contributed by atoms with Crippen LogP contribution in [0.25, 0.3) is 98.8 Å². The van der Waals surface area contributed by atoms with Crippen LogP contribution in [0.15, 0.2) is 182 Å². The highest BCUT2D eigenvalue weighted by atomic mass is 15.0. The normalized spacial score (nSPS) is 11.5. The predicted octanol–water partition coefficient (Wildman–Crippen LogP) is 13.3. The van der Waals surface area contributed by atoms with Gasteiger partial charge in [-0.25, -0.2) is 0 Å². The highest BCUT2D eigenvalue weighted by Gasteiger charge is 2.23. The summed E-state index contributed by atoms with van der Waals surface area (Å²) in [6, 6.07) is 68.5. The molecule has 0 unspecified atom stereocenters. The van der Waals surface area contributed by atoms with E-state index in [1.807, 2.05) is 24.3 Å². The summed E-state index contributed by atoms with van der Waals surface area (Å²) in [6.07, 6.45) is 0. The first-order valence-electron chi connectivity index (χ1n) is 18.7. The topological polar surface area (TPSA) is 57.4 Å². The number of nitriles is 2. The lowest BCUT2D eigenvalue weighted by Crippen LogP contribution is -1.99. The van der Waals surface area contributed by atoms with E-state index in [4.69, 9.17) is 0 Å². The van der Waals surface area contributed by atoms with Crippen molar-refractivity contribution in [1.29, 1.82) is 10.5 Å². The van der Waals surface area contributed by atoms with Gasteiger partial charge in [0.15, 0.2) is 0 Å². The maximum Gasteiger partial charge on any atom is 0.0991 e. The molecule has 0 aliphatic carbocycles. The lowest BCUT2D eigenvalue weighted by atomic mass is 9.84. The van der Waals surface area contributed by atoms with Gasteiger partial charge in [0.2, 0.25) is 0 Å². The molecule has 11 aromatic rings. The third-order valence-electron chi connectivity index (χ3n) is 11.4. The zero-order valence-electron chi connectivity index (χ0n) is 30.1. The molecule has 0 fully saturated rings. The molecule has 2 heterocycles. The van der Waals surface area contributed by atoms with E-state index in [0.29, 0.717) is 11.1 Å². The van der Waals surface area contributed by atoms with Crippen molar-refractivity contribution < 1.29 is 0 Å². The van der Waals surface area contributed by atoms with Crippen LogP contribution in [-0.4, -0.2) is 9.13 Å². The van der Waals surface area contributed by atoms with Gasteiger partial charge in [0, 0.05) is 32.9 Å². The maximum atomic E-state index is 9.74. The lowest BCUT2D eigenvalue weighted by Gasteiger charge is -2.20. The maximum absolute atomic E-state index is 9.74. The minimum Gasteiger partial charge on any atom is -0.307 e. The van der Waals surface area contributed by atoms with E-state index >= 15 is 0 Å². The Balaban J connectivity index is 1.32. The number of nitrogens with zero attached hydrogens (tertiary/aromatic N) is 4.